The molecule has 4 N–H and O–H groups in total. The standard InChI is InChI=1S/C11H14FN5O3/c1-4-15-9(13)7-10(16-4)17(3-14-7)11-6(12)8(19)5(2-18)20-11/h3,5-6,8,11,18-19H,2H2,1H3,(H2,13,15,16)/t5-,6-,8-,11-/m1/s1. The number of hydrogen-bond acceptors (Lipinski definition) is 7. The molecule has 0 unspecified atom stereocenters. The molecule has 1 aliphatic rings. The molecule has 1 aliphatic heterocycles. The predicted octanol–water partition coefficient (Wildman–Crippen LogP) is -0.694. The van der Waals surface area contributed by atoms with Gasteiger partial charge in [-0.25, -0.2) is 19.3 Å². The van der Waals surface area contributed by atoms with Gasteiger partial charge < -0.3 is 20.7 Å². The lowest BCUT2D eigenvalue weighted by atomic mass is 10.1. The van der Waals surface area contributed by atoms with Gasteiger partial charge in [-0.1, -0.05) is 0 Å². The third kappa shape index (κ3) is 1.82. The molecule has 2 aromatic rings. The number of nitrogen functional groups attached to an aromatic ring is 1. The summed E-state index contributed by atoms with van der Waals surface area (Å²) in [7, 11) is 0. The summed E-state index contributed by atoms with van der Waals surface area (Å²) < 4.78 is 20.8. The van der Waals surface area contributed by atoms with Crippen LogP contribution in [0.5, 0.6) is 0 Å². The van der Waals surface area contributed by atoms with Crippen LogP contribution in [0.3, 0.4) is 0 Å². The van der Waals surface area contributed by atoms with E-state index in [2.05, 4.69) is 15.0 Å². The van der Waals surface area contributed by atoms with Gasteiger partial charge in [0, 0.05) is 0 Å². The van der Waals surface area contributed by atoms with Crippen LogP contribution < -0.4 is 5.73 Å². The van der Waals surface area contributed by atoms with E-state index < -0.39 is 31.2 Å². The van der Waals surface area contributed by atoms with Gasteiger partial charge in [-0.3, -0.25) is 4.57 Å². The van der Waals surface area contributed by atoms with Crippen molar-refractivity contribution in [2.75, 3.05) is 12.3 Å². The van der Waals surface area contributed by atoms with Crippen LogP contribution in [0.1, 0.15) is 12.1 Å². The van der Waals surface area contributed by atoms with E-state index in [1.165, 1.54) is 10.9 Å². The maximum atomic E-state index is 14.1. The number of imidazole rings is 1. The highest BCUT2D eigenvalue weighted by Crippen LogP contribution is 2.33. The number of alkyl halides is 1. The Kier molecular flexibility index (Phi) is 3.04. The predicted molar refractivity (Wildman–Crippen MR) is 66.4 cm³/mol. The lowest BCUT2D eigenvalue weighted by molar-refractivity contribution is -0.0459. The van der Waals surface area contributed by atoms with Crippen molar-refractivity contribution in [3.63, 3.8) is 0 Å². The highest BCUT2D eigenvalue weighted by molar-refractivity contribution is 5.81. The van der Waals surface area contributed by atoms with Crippen molar-refractivity contribution in [3.05, 3.63) is 12.2 Å². The summed E-state index contributed by atoms with van der Waals surface area (Å²) in [6, 6.07) is 0. The minimum Gasteiger partial charge on any atom is -0.394 e. The number of rotatable bonds is 2. The van der Waals surface area contributed by atoms with Crippen molar-refractivity contribution in [1.29, 1.82) is 0 Å². The minimum absolute atomic E-state index is 0.193. The molecule has 0 aliphatic carbocycles. The average molecular weight is 283 g/mol. The van der Waals surface area contributed by atoms with E-state index in [0.717, 1.165) is 0 Å². The van der Waals surface area contributed by atoms with E-state index in [1.807, 2.05) is 0 Å². The van der Waals surface area contributed by atoms with Gasteiger partial charge >= 0.3 is 0 Å². The van der Waals surface area contributed by atoms with E-state index in [4.69, 9.17) is 15.6 Å². The second-order valence-corrected chi connectivity index (χ2v) is 4.66. The van der Waals surface area contributed by atoms with Crippen molar-refractivity contribution >= 4 is 17.0 Å². The van der Waals surface area contributed by atoms with E-state index in [-0.39, 0.29) is 5.82 Å². The van der Waals surface area contributed by atoms with Gasteiger partial charge in [0.1, 0.15) is 23.5 Å². The van der Waals surface area contributed by atoms with Crippen LogP contribution in [0.4, 0.5) is 10.2 Å². The van der Waals surface area contributed by atoms with Crippen LogP contribution in [-0.4, -0.2) is 54.7 Å². The smallest absolute Gasteiger partial charge is 0.173 e. The van der Waals surface area contributed by atoms with Crippen LogP contribution in [0.15, 0.2) is 6.33 Å². The molecule has 0 aromatic carbocycles. The third-order valence-electron chi connectivity index (χ3n) is 3.31. The molecular formula is C11H14FN5O3. The molecule has 0 bridgehead atoms. The molecule has 9 heteroatoms. The minimum atomic E-state index is -1.69. The van der Waals surface area contributed by atoms with E-state index >= 15 is 0 Å². The molecule has 2 aromatic heterocycles. The van der Waals surface area contributed by atoms with Gasteiger partial charge in [0.15, 0.2) is 23.9 Å². The van der Waals surface area contributed by atoms with Gasteiger partial charge in [-0.2, -0.15) is 0 Å². The maximum absolute atomic E-state index is 14.1. The monoisotopic (exact) mass is 283 g/mol. The fraction of sp³-hybridized carbons (Fsp3) is 0.545. The van der Waals surface area contributed by atoms with Crippen LogP contribution in [0.25, 0.3) is 11.2 Å². The van der Waals surface area contributed by atoms with Crippen molar-refractivity contribution in [1.82, 2.24) is 19.5 Å². The highest BCUT2D eigenvalue weighted by Gasteiger charge is 2.45. The number of anilines is 1. The fourth-order valence-corrected chi connectivity index (χ4v) is 2.32. The number of nitrogens with two attached hydrogens (primary N) is 1. The number of aryl methyl sites for hydroxylation is 1. The molecule has 3 rings (SSSR count). The average Bonchev–Trinajstić information content (AvgIpc) is 2.93. The Hall–Kier alpha value is -1.84. The molecule has 1 saturated heterocycles. The summed E-state index contributed by atoms with van der Waals surface area (Å²) in [5.41, 5.74) is 6.40. The topological polar surface area (TPSA) is 119 Å². The Balaban J connectivity index is 2.07. The number of aromatic nitrogens is 4. The number of nitrogens with zero attached hydrogens (tertiary/aromatic N) is 4. The molecule has 0 spiro atoms. The largest absolute Gasteiger partial charge is 0.394 e. The van der Waals surface area contributed by atoms with Gasteiger partial charge in [0.05, 0.1) is 12.9 Å². The normalized spacial score (nSPS) is 30.2. The fourth-order valence-electron chi connectivity index (χ4n) is 2.32. The zero-order chi connectivity index (χ0) is 14.4. The van der Waals surface area contributed by atoms with Crippen LogP contribution in [-0.2, 0) is 4.74 Å². The first-order valence-electron chi connectivity index (χ1n) is 6.08. The summed E-state index contributed by atoms with van der Waals surface area (Å²) in [4.78, 5) is 12.2. The molecular weight excluding hydrogens is 269 g/mol. The van der Waals surface area contributed by atoms with Crippen molar-refractivity contribution < 1.29 is 19.3 Å². The molecule has 0 amide bonds. The first-order chi connectivity index (χ1) is 9.52. The SMILES string of the molecule is Cc1nc(N)c2ncn([C@@H]3O[C@H](CO)[C@@H](O)[C@H]3F)c2n1. The van der Waals surface area contributed by atoms with Gasteiger partial charge in [0.2, 0.25) is 0 Å². The van der Waals surface area contributed by atoms with Crippen LogP contribution >= 0.6 is 0 Å². The van der Waals surface area contributed by atoms with E-state index in [1.54, 1.807) is 6.92 Å². The number of hydrogen-bond donors (Lipinski definition) is 3. The third-order valence-corrected chi connectivity index (χ3v) is 3.31. The van der Waals surface area contributed by atoms with E-state index in [0.29, 0.717) is 17.0 Å². The van der Waals surface area contributed by atoms with Gasteiger partial charge in [-0.05, 0) is 6.92 Å². The Morgan fingerprint density at radius 2 is 2.25 bits per heavy atom. The van der Waals surface area contributed by atoms with Gasteiger partial charge in [-0.15, -0.1) is 0 Å². The molecule has 1 fully saturated rings. The zero-order valence-electron chi connectivity index (χ0n) is 10.6. The van der Waals surface area contributed by atoms with E-state index in [9.17, 15) is 9.50 Å². The number of ether oxygens (including phenoxy) is 1. The molecule has 108 valence electrons. The number of aliphatic hydroxyl groups excluding tert-OH is 2. The first kappa shape index (κ1) is 13.2. The number of aliphatic hydroxyl groups is 2. The van der Waals surface area contributed by atoms with Crippen LogP contribution in [0, 0.1) is 6.92 Å². The molecule has 0 saturated carbocycles. The molecule has 0 radical (unpaired) electrons. The summed E-state index contributed by atoms with van der Waals surface area (Å²) >= 11 is 0. The Morgan fingerprint density at radius 3 is 2.90 bits per heavy atom. The Labute approximate surface area is 113 Å². The lowest BCUT2D eigenvalue weighted by Crippen LogP contribution is -2.30. The molecule has 3 heterocycles. The first-order valence-corrected chi connectivity index (χ1v) is 6.08. The second kappa shape index (κ2) is 4.62. The summed E-state index contributed by atoms with van der Waals surface area (Å²) in [6.07, 6.45) is -3.85. The molecule has 8 nitrogen and oxygen atoms in total. The molecule has 20 heavy (non-hydrogen) atoms. The van der Waals surface area contributed by atoms with Gasteiger partial charge in [0.25, 0.3) is 0 Å². The number of halogens is 1. The summed E-state index contributed by atoms with van der Waals surface area (Å²) in [6.45, 7) is 1.18. The quantitative estimate of drug-likeness (QED) is 0.667. The Morgan fingerprint density at radius 1 is 1.50 bits per heavy atom. The van der Waals surface area contributed by atoms with Crippen molar-refractivity contribution in [2.45, 2.75) is 31.5 Å². The Bertz CT molecular complexity index is 648. The summed E-state index contributed by atoms with van der Waals surface area (Å²) in [5, 5.41) is 18.7. The van der Waals surface area contributed by atoms with Crippen molar-refractivity contribution in [2.24, 2.45) is 0 Å². The number of fused-ring (bicyclic) bond motifs is 1. The lowest BCUT2D eigenvalue weighted by Gasteiger charge is -2.15. The zero-order valence-corrected chi connectivity index (χ0v) is 10.6. The molecule has 4 atom stereocenters. The summed E-state index contributed by atoms with van der Waals surface area (Å²) in [5.74, 6) is 0.614. The second-order valence-electron chi connectivity index (χ2n) is 4.66. The highest BCUT2D eigenvalue weighted by atomic mass is 19.1. The van der Waals surface area contributed by atoms with Crippen LogP contribution in [0.2, 0.25) is 0 Å². The maximum Gasteiger partial charge on any atom is 0.173 e. The van der Waals surface area contributed by atoms with Crippen molar-refractivity contribution in [3.8, 4) is 0 Å².